The Bertz CT molecular complexity index is 584. The van der Waals surface area contributed by atoms with Gasteiger partial charge in [0.1, 0.15) is 5.25 Å². The minimum absolute atomic E-state index is 0.225. The summed E-state index contributed by atoms with van der Waals surface area (Å²) in [6.07, 6.45) is -0.225. The summed E-state index contributed by atoms with van der Waals surface area (Å²) in [6.45, 7) is 1.82. The van der Waals surface area contributed by atoms with Crippen molar-refractivity contribution in [3.8, 4) is 0 Å². The third kappa shape index (κ3) is 3.67. The minimum atomic E-state index is -1.01. The van der Waals surface area contributed by atoms with Crippen LogP contribution in [-0.2, 0) is 9.59 Å². The van der Waals surface area contributed by atoms with Crippen LogP contribution < -0.4 is 5.32 Å². The number of carbonyl (C=O) groups excluding carboxylic acids is 1. The number of amidine groups is 1. The van der Waals surface area contributed by atoms with Gasteiger partial charge in [-0.3, -0.25) is 9.59 Å². The van der Waals surface area contributed by atoms with Gasteiger partial charge in [-0.15, -0.1) is 5.10 Å². The lowest BCUT2D eigenvalue weighted by Crippen LogP contribution is -2.26. The van der Waals surface area contributed by atoms with Crippen LogP contribution in [-0.4, -0.2) is 33.1 Å². The minimum Gasteiger partial charge on any atom is -0.481 e. The first-order chi connectivity index (χ1) is 9.56. The summed E-state index contributed by atoms with van der Waals surface area (Å²) < 4.78 is 0. The number of nitrogens with one attached hydrogen (secondary N) is 1. The molecule has 7 heteroatoms. The third-order valence-corrected chi connectivity index (χ3v) is 3.69. The van der Waals surface area contributed by atoms with E-state index in [0.29, 0.717) is 5.17 Å². The van der Waals surface area contributed by atoms with Gasteiger partial charge >= 0.3 is 5.97 Å². The molecule has 0 saturated carbocycles. The Morgan fingerprint density at radius 3 is 2.75 bits per heavy atom. The van der Waals surface area contributed by atoms with E-state index in [0.717, 1.165) is 23.0 Å². The van der Waals surface area contributed by atoms with Gasteiger partial charge in [-0.2, -0.15) is 5.10 Å². The molecule has 1 amide bonds. The SMILES string of the molecule is C/C(=N\N=C1\NC(=O)[C@H](CC(=O)O)S1)c1ccccc1. The maximum absolute atomic E-state index is 11.5. The number of benzene rings is 1. The number of thioether (sulfide) groups is 1. The van der Waals surface area contributed by atoms with Crippen LogP contribution in [0.4, 0.5) is 0 Å². The summed E-state index contributed by atoms with van der Waals surface area (Å²) in [4.78, 5) is 22.1. The van der Waals surface area contributed by atoms with Crippen molar-refractivity contribution in [2.24, 2.45) is 10.2 Å². The van der Waals surface area contributed by atoms with Crippen molar-refractivity contribution in [1.29, 1.82) is 0 Å². The van der Waals surface area contributed by atoms with Gasteiger partial charge in [0.15, 0.2) is 5.17 Å². The fourth-order valence-corrected chi connectivity index (χ4v) is 2.51. The Morgan fingerprint density at radius 1 is 1.40 bits per heavy atom. The Morgan fingerprint density at radius 2 is 2.10 bits per heavy atom. The van der Waals surface area contributed by atoms with E-state index >= 15 is 0 Å². The molecular formula is C13H13N3O3S. The second kappa shape index (κ2) is 6.33. The monoisotopic (exact) mass is 291 g/mol. The van der Waals surface area contributed by atoms with Crippen LogP contribution in [0.25, 0.3) is 0 Å². The van der Waals surface area contributed by atoms with Gasteiger partial charge in [-0.25, -0.2) is 0 Å². The van der Waals surface area contributed by atoms with E-state index in [4.69, 9.17) is 5.11 Å². The Balaban J connectivity index is 2.06. The molecule has 1 fully saturated rings. The first-order valence-electron chi connectivity index (χ1n) is 5.93. The number of amides is 1. The number of hydrogen-bond acceptors (Lipinski definition) is 5. The van der Waals surface area contributed by atoms with Gasteiger partial charge in [-0.05, 0) is 12.5 Å². The standard InChI is InChI=1S/C13H13N3O3S/c1-8(9-5-3-2-4-6-9)15-16-13-14-12(19)10(20-13)7-11(17)18/h2-6,10H,7H2,1H3,(H,17,18)(H,14,16,19)/b15-8+/t10-/m0/s1. The summed E-state index contributed by atoms with van der Waals surface area (Å²) in [7, 11) is 0. The zero-order valence-electron chi connectivity index (χ0n) is 10.7. The van der Waals surface area contributed by atoms with E-state index in [9.17, 15) is 9.59 Å². The number of carboxylic acids is 1. The Labute approximate surface area is 120 Å². The molecule has 104 valence electrons. The number of nitrogens with zero attached hydrogens (tertiary/aromatic N) is 2. The van der Waals surface area contributed by atoms with Gasteiger partial charge in [0, 0.05) is 0 Å². The van der Waals surface area contributed by atoms with E-state index in [2.05, 4.69) is 15.5 Å². The predicted octanol–water partition coefficient (Wildman–Crippen LogP) is 1.47. The van der Waals surface area contributed by atoms with Gasteiger partial charge in [0.05, 0.1) is 12.1 Å². The average Bonchev–Trinajstić information content (AvgIpc) is 2.77. The number of carbonyl (C=O) groups is 2. The van der Waals surface area contributed by atoms with Crippen molar-refractivity contribution >= 4 is 34.5 Å². The van der Waals surface area contributed by atoms with E-state index in [1.807, 2.05) is 37.3 Å². The predicted molar refractivity (Wildman–Crippen MR) is 77.9 cm³/mol. The Hall–Kier alpha value is -2.15. The molecule has 1 saturated heterocycles. The fourth-order valence-electron chi connectivity index (χ4n) is 1.60. The third-order valence-electron chi connectivity index (χ3n) is 2.62. The van der Waals surface area contributed by atoms with Crippen LogP contribution in [0.15, 0.2) is 40.5 Å². The molecule has 0 aromatic heterocycles. The van der Waals surface area contributed by atoms with Gasteiger partial charge in [0.25, 0.3) is 0 Å². The molecule has 0 spiro atoms. The molecule has 2 rings (SSSR count). The summed E-state index contributed by atoms with van der Waals surface area (Å²) >= 11 is 1.09. The molecule has 0 aliphatic carbocycles. The lowest BCUT2D eigenvalue weighted by atomic mass is 10.1. The topological polar surface area (TPSA) is 91.1 Å². The number of aliphatic carboxylic acids is 1. The number of carboxylic acid groups (broad SMARTS) is 1. The van der Waals surface area contributed by atoms with Gasteiger partial charge in [-0.1, -0.05) is 42.1 Å². The molecule has 6 nitrogen and oxygen atoms in total. The van der Waals surface area contributed by atoms with Crippen molar-refractivity contribution in [3.63, 3.8) is 0 Å². The largest absolute Gasteiger partial charge is 0.481 e. The zero-order chi connectivity index (χ0) is 14.5. The van der Waals surface area contributed by atoms with Gasteiger partial charge < -0.3 is 10.4 Å². The van der Waals surface area contributed by atoms with E-state index in [-0.39, 0.29) is 12.3 Å². The molecule has 1 aliphatic rings. The highest BCUT2D eigenvalue weighted by atomic mass is 32.2. The molecule has 1 aliphatic heterocycles. The Kier molecular flexibility index (Phi) is 4.52. The van der Waals surface area contributed by atoms with Crippen molar-refractivity contribution in [2.75, 3.05) is 0 Å². The van der Waals surface area contributed by atoms with E-state index in [1.54, 1.807) is 0 Å². The summed E-state index contributed by atoms with van der Waals surface area (Å²) in [6, 6.07) is 9.53. The normalized spacial score (nSPS) is 21.1. The first-order valence-corrected chi connectivity index (χ1v) is 6.81. The van der Waals surface area contributed by atoms with Crippen LogP contribution in [0.3, 0.4) is 0 Å². The molecule has 0 unspecified atom stereocenters. The van der Waals surface area contributed by atoms with Crippen LogP contribution in [0, 0.1) is 0 Å². The zero-order valence-corrected chi connectivity index (χ0v) is 11.6. The molecule has 20 heavy (non-hydrogen) atoms. The lowest BCUT2D eigenvalue weighted by Gasteiger charge is -1.98. The van der Waals surface area contributed by atoms with Crippen LogP contribution >= 0.6 is 11.8 Å². The number of hydrogen-bond donors (Lipinski definition) is 2. The lowest BCUT2D eigenvalue weighted by molar-refractivity contribution is -0.138. The van der Waals surface area contributed by atoms with E-state index in [1.165, 1.54) is 0 Å². The van der Waals surface area contributed by atoms with Crippen molar-refractivity contribution < 1.29 is 14.7 Å². The van der Waals surface area contributed by atoms with Crippen LogP contribution in [0.5, 0.6) is 0 Å². The molecule has 0 radical (unpaired) electrons. The molecule has 1 atom stereocenters. The second-order valence-corrected chi connectivity index (χ2v) is 5.34. The highest BCUT2D eigenvalue weighted by molar-refractivity contribution is 8.15. The molecule has 1 aromatic carbocycles. The van der Waals surface area contributed by atoms with E-state index < -0.39 is 11.2 Å². The summed E-state index contributed by atoms with van der Waals surface area (Å²) in [5.41, 5.74) is 1.66. The summed E-state index contributed by atoms with van der Waals surface area (Å²) in [5, 5.41) is 18.9. The van der Waals surface area contributed by atoms with Crippen molar-refractivity contribution in [3.05, 3.63) is 35.9 Å². The molecular weight excluding hydrogens is 278 g/mol. The van der Waals surface area contributed by atoms with Crippen LogP contribution in [0.2, 0.25) is 0 Å². The highest BCUT2D eigenvalue weighted by Gasteiger charge is 2.32. The fraction of sp³-hybridized carbons (Fsp3) is 0.231. The van der Waals surface area contributed by atoms with Crippen LogP contribution in [0.1, 0.15) is 18.9 Å². The maximum atomic E-state index is 11.5. The highest BCUT2D eigenvalue weighted by Crippen LogP contribution is 2.22. The summed E-state index contributed by atoms with van der Waals surface area (Å²) in [5.74, 6) is -1.36. The molecule has 1 aromatic rings. The molecule has 0 bridgehead atoms. The molecule has 2 N–H and O–H groups in total. The smallest absolute Gasteiger partial charge is 0.305 e. The van der Waals surface area contributed by atoms with Crippen molar-refractivity contribution in [1.82, 2.24) is 5.32 Å². The van der Waals surface area contributed by atoms with Gasteiger partial charge in [0.2, 0.25) is 5.91 Å². The van der Waals surface area contributed by atoms with Crippen molar-refractivity contribution in [2.45, 2.75) is 18.6 Å². The first kappa shape index (κ1) is 14.3. The second-order valence-electron chi connectivity index (χ2n) is 4.15. The average molecular weight is 291 g/mol. The molecule has 1 heterocycles. The quantitative estimate of drug-likeness (QED) is 0.649. The number of rotatable bonds is 4. The maximum Gasteiger partial charge on any atom is 0.305 e.